The highest BCUT2D eigenvalue weighted by Gasteiger charge is 2.22. The van der Waals surface area contributed by atoms with Gasteiger partial charge in [0.2, 0.25) is 17.0 Å². The zero-order valence-electron chi connectivity index (χ0n) is 19.6. The first-order valence-electron chi connectivity index (χ1n) is 10.7. The van der Waals surface area contributed by atoms with Crippen molar-refractivity contribution in [1.82, 2.24) is 15.2 Å². The van der Waals surface area contributed by atoms with Crippen LogP contribution in [0.1, 0.15) is 40.2 Å². The van der Waals surface area contributed by atoms with Crippen molar-refractivity contribution in [2.45, 2.75) is 25.9 Å². The van der Waals surface area contributed by atoms with Crippen LogP contribution in [-0.4, -0.2) is 57.3 Å². The molecular weight excluding hydrogens is 506 g/mol. The predicted octanol–water partition coefficient (Wildman–Crippen LogP) is 3.50. The number of rotatable bonds is 11. The lowest BCUT2D eigenvalue weighted by molar-refractivity contribution is -0.113. The number of ether oxygens (including phenoxy) is 2. The molecule has 3 rings (SSSR count). The minimum atomic E-state index is -0.532. The van der Waals surface area contributed by atoms with Crippen LogP contribution in [0, 0.1) is 18.3 Å². The summed E-state index contributed by atoms with van der Waals surface area (Å²) in [6, 6.07) is 6.84. The van der Waals surface area contributed by atoms with Gasteiger partial charge in [-0.05, 0) is 50.1 Å². The highest BCUT2D eigenvalue weighted by molar-refractivity contribution is 7.99. The third kappa shape index (κ3) is 6.74. The second-order valence-corrected chi connectivity index (χ2v) is 8.89. The smallest absolute Gasteiger partial charge is 0.348 e. The molecule has 0 aliphatic heterocycles. The van der Waals surface area contributed by atoms with E-state index in [1.807, 2.05) is 13.0 Å². The number of aromatic amines is 1. The maximum absolute atomic E-state index is 12.4. The van der Waals surface area contributed by atoms with Crippen LogP contribution in [0.15, 0.2) is 28.5 Å². The van der Waals surface area contributed by atoms with Crippen LogP contribution in [0.2, 0.25) is 0 Å². The van der Waals surface area contributed by atoms with Gasteiger partial charge >= 0.3 is 5.97 Å². The molecule has 1 amide bonds. The van der Waals surface area contributed by atoms with E-state index in [9.17, 15) is 20.0 Å². The van der Waals surface area contributed by atoms with Crippen molar-refractivity contribution >= 4 is 52.1 Å². The lowest BCUT2D eigenvalue weighted by Gasteiger charge is -2.05. The van der Waals surface area contributed by atoms with Crippen molar-refractivity contribution in [1.29, 1.82) is 5.26 Å². The highest BCUT2D eigenvalue weighted by Crippen LogP contribution is 2.33. The number of H-pyrrole nitrogens is 1. The third-order valence-electron chi connectivity index (χ3n) is 4.44. The van der Waals surface area contributed by atoms with E-state index < -0.39 is 5.97 Å². The number of thiophene rings is 1. The van der Waals surface area contributed by atoms with E-state index in [0.717, 1.165) is 23.1 Å². The van der Waals surface area contributed by atoms with Gasteiger partial charge in [0.1, 0.15) is 15.9 Å². The van der Waals surface area contributed by atoms with Crippen LogP contribution in [0.3, 0.4) is 0 Å². The van der Waals surface area contributed by atoms with Gasteiger partial charge in [-0.2, -0.15) is 15.3 Å². The van der Waals surface area contributed by atoms with Gasteiger partial charge < -0.3 is 19.9 Å². The molecule has 0 spiro atoms. The lowest BCUT2D eigenvalue weighted by atomic mass is 10.2. The Kier molecular flexibility index (Phi) is 9.25. The van der Waals surface area contributed by atoms with Crippen molar-refractivity contribution in [3.63, 3.8) is 0 Å². The van der Waals surface area contributed by atoms with Gasteiger partial charge in [0.15, 0.2) is 11.5 Å². The number of aromatic nitrogens is 3. The van der Waals surface area contributed by atoms with Crippen LogP contribution in [0.25, 0.3) is 0 Å². The van der Waals surface area contributed by atoms with Gasteiger partial charge in [-0.25, -0.2) is 15.3 Å². The molecule has 0 fully saturated rings. The van der Waals surface area contributed by atoms with Crippen LogP contribution >= 0.6 is 23.1 Å². The predicted molar refractivity (Wildman–Crippen MR) is 136 cm³/mol. The van der Waals surface area contributed by atoms with Crippen LogP contribution < -0.4 is 15.5 Å². The zero-order valence-corrected chi connectivity index (χ0v) is 21.2. The molecule has 14 heteroatoms. The molecule has 1 aromatic carbocycles. The molecule has 3 aromatic rings. The monoisotopic (exact) mass is 529 g/mol. The SMILES string of the molecule is CCOC(=O)c1sc(NC(=O)CSc2n[nH]c(N/N=C/c3ccc(O)c(OCC)c3)n2)c(C#N)c1C. The fourth-order valence-electron chi connectivity index (χ4n) is 2.83. The zero-order chi connectivity index (χ0) is 26.1. The standard InChI is InChI=1S/C22H23N7O5S2/c1-4-33-16-8-13(6-7-15(16)30)10-24-27-21-26-22(29-28-21)35-11-17(31)25-19-14(9-23)12(3)18(36-19)20(32)34-5-2/h6-8,10,30H,4-5,11H2,1-3H3,(H,25,31)(H2,26,27,28,29)/b24-10+. The molecule has 0 radical (unpaired) electrons. The Morgan fingerprint density at radius 1 is 1.36 bits per heavy atom. The second-order valence-electron chi connectivity index (χ2n) is 6.93. The minimum absolute atomic E-state index is 0.0230. The summed E-state index contributed by atoms with van der Waals surface area (Å²) in [5, 5.41) is 33.2. The molecule has 2 aromatic heterocycles. The number of thioether (sulfide) groups is 1. The number of amides is 1. The topological polar surface area (TPSA) is 175 Å². The number of phenolic OH excluding ortho intramolecular Hbond substituents is 1. The van der Waals surface area contributed by atoms with Gasteiger partial charge in [0.05, 0.1) is 30.7 Å². The molecule has 36 heavy (non-hydrogen) atoms. The summed E-state index contributed by atoms with van der Waals surface area (Å²) >= 11 is 2.08. The van der Waals surface area contributed by atoms with E-state index >= 15 is 0 Å². The summed E-state index contributed by atoms with van der Waals surface area (Å²) in [7, 11) is 0. The molecule has 0 saturated heterocycles. The first kappa shape index (κ1) is 26.5. The van der Waals surface area contributed by atoms with E-state index in [0.29, 0.717) is 28.6 Å². The van der Waals surface area contributed by atoms with Crippen LogP contribution in [0.4, 0.5) is 10.9 Å². The Balaban J connectivity index is 1.54. The number of carbonyl (C=O) groups is 2. The number of nitriles is 1. The second kappa shape index (κ2) is 12.6. The number of carbonyl (C=O) groups excluding carboxylic acids is 2. The Labute approximate surface area is 214 Å². The molecule has 0 unspecified atom stereocenters. The maximum atomic E-state index is 12.4. The summed E-state index contributed by atoms with van der Waals surface area (Å²) in [5.41, 5.74) is 4.09. The van der Waals surface area contributed by atoms with E-state index in [-0.39, 0.29) is 45.4 Å². The maximum Gasteiger partial charge on any atom is 0.348 e. The Hall–Kier alpha value is -4.09. The summed E-state index contributed by atoms with van der Waals surface area (Å²) in [4.78, 5) is 29.0. The van der Waals surface area contributed by atoms with Crippen molar-refractivity contribution in [3.05, 3.63) is 39.8 Å². The first-order valence-corrected chi connectivity index (χ1v) is 12.5. The average molecular weight is 530 g/mol. The number of hydrogen-bond donors (Lipinski definition) is 4. The molecule has 0 aliphatic carbocycles. The van der Waals surface area contributed by atoms with Gasteiger partial charge in [0.25, 0.3) is 0 Å². The van der Waals surface area contributed by atoms with Crippen LogP contribution in [-0.2, 0) is 9.53 Å². The summed E-state index contributed by atoms with van der Waals surface area (Å²) in [6.45, 7) is 5.77. The molecule has 2 heterocycles. The Bertz CT molecular complexity index is 1310. The van der Waals surface area contributed by atoms with Crippen molar-refractivity contribution in [2.75, 3.05) is 29.7 Å². The number of esters is 1. The molecule has 0 bridgehead atoms. The van der Waals surface area contributed by atoms with Gasteiger partial charge in [-0.3, -0.25) is 4.79 Å². The fourth-order valence-corrected chi connectivity index (χ4v) is 4.50. The van der Waals surface area contributed by atoms with Crippen molar-refractivity contribution in [3.8, 4) is 17.6 Å². The number of hydrogen-bond acceptors (Lipinski definition) is 12. The normalized spacial score (nSPS) is 10.7. The number of phenols is 1. The van der Waals surface area contributed by atoms with Crippen LogP contribution in [0.5, 0.6) is 11.5 Å². The van der Waals surface area contributed by atoms with Gasteiger partial charge in [-0.15, -0.1) is 16.4 Å². The highest BCUT2D eigenvalue weighted by atomic mass is 32.2. The van der Waals surface area contributed by atoms with Crippen molar-refractivity contribution in [2.24, 2.45) is 5.10 Å². The number of anilines is 2. The Morgan fingerprint density at radius 3 is 2.89 bits per heavy atom. The molecule has 0 saturated carbocycles. The largest absolute Gasteiger partial charge is 0.504 e. The van der Waals surface area contributed by atoms with E-state index in [2.05, 4.69) is 31.0 Å². The fraction of sp³-hybridized carbons (Fsp3) is 0.273. The number of nitrogens with zero attached hydrogens (tertiary/aromatic N) is 4. The third-order valence-corrected chi connectivity index (χ3v) is 6.47. The van der Waals surface area contributed by atoms with E-state index in [4.69, 9.17) is 9.47 Å². The molecule has 4 N–H and O–H groups in total. The van der Waals surface area contributed by atoms with E-state index in [1.54, 1.807) is 26.0 Å². The molecule has 0 atom stereocenters. The van der Waals surface area contributed by atoms with Crippen molar-refractivity contribution < 1.29 is 24.2 Å². The lowest BCUT2D eigenvalue weighted by Crippen LogP contribution is -2.14. The quantitative estimate of drug-likeness (QED) is 0.124. The minimum Gasteiger partial charge on any atom is -0.504 e. The summed E-state index contributed by atoms with van der Waals surface area (Å²) in [5.74, 6) is -0.282. The van der Waals surface area contributed by atoms with Gasteiger partial charge in [-0.1, -0.05) is 11.8 Å². The Morgan fingerprint density at radius 2 is 2.17 bits per heavy atom. The molecule has 12 nitrogen and oxygen atoms in total. The first-order chi connectivity index (χ1) is 17.4. The number of aromatic hydroxyl groups is 1. The summed E-state index contributed by atoms with van der Waals surface area (Å²) < 4.78 is 10.3. The molecule has 188 valence electrons. The average Bonchev–Trinajstić information content (AvgIpc) is 3.43. The van der Waals surface area contributed by atoms with Gasteiger partial charge in [0, 0.05) is 0 Å². The molecular formula is C22H23N7O5S2. The number of nitrogens with one attached hydrogen (secondary N) is 3. The molecule has 0 aliphatic rings. The number of hydrazone groups is 1. The number of benzene rings is 1. The summed E-state index contributed by atoms with van der Waals surface area (Å²) in [6.07, 6.45) is 1.52. The van der Waals surface area contributed by atoms with E-state index in [1.165, 1.54) is 12.3 Å².